The molecule has 4 rings (SSSR count). The minimum Gasteiger partial charge on any atom is -0.504 e. The van der Waals surface area contributed by atoms with Gasteiger partial charge in [-0.2, -0.15) is 0 Å². The number of ketones is 2. The molecule has 50 heavy (non-hydrogen) atoms. The number of phenolic OH excluding ortho intramolecular Hbond substituents is 2. The normalized spacial score (nSPS) is 11.4. The molecule has 10 nitrogen and oxygen atoms in total. The van der Waals surface area contributed by atoms with Crippen LogP contribution in [-0.2, 0) is 12.8 Å². The summed E-state index contributed by atoms with van der Waals surface area (Å²) in [5.41, 5.74) is 3.04. The molecule has 264 valence electrons. The lowest BCUT2D eigenvalue weighted by Crippen LogP contribution is -2.11. The monoisotopic (exact) mass is 684 g/mol. The van der Waals surface area contributed by atoms with Crippen LogP contribution in [-0.4, -0.2) is 50.2 Å². The Labute approximate surface area is 292 Å². The fourth-order valence-electron chi connectivity index (χ4n) is 5.54. The van der Waals surface area contributed by atoms with Crippen LogP contribution in [0.4, 0.5) is 0 Å². The number of aryl methyl sites for hydroxylation is 2. The molecule has 0 aliphatic carbocycles. The first-order valence-corrected chi connectivity index (χ1v) is 16.3. The van der Waals surface area contributed by atoms with Crippen molar-refractivity contribution in [2.75, 3.05) is 28.4 Å². The van der Waals surface area contributed by atoms with Gasteiger partial charge in [-0.1, -0.05) is 26.7 Å². The largest absolute Gasteiger partial charge is 0.504 e. The van der Waals surface area contributed by atoms with Crippen molar-refractivity contribution in [1.82, 2.24) is 0 Å². The van der Waals surface area contributed by atoms with Crippen LogP contribution in [0, 0.1) is 0 Å². The lowest BCUT2D eigenvalue weighted by atomic mass is 10.0. The van der Waals surface area contributed by atoms with Gasteiger partial charge in [-0.15, -0.1) is 0 Å². The second-order valence-corrected chi connectivity index (χ2v) is 11.6. The molecule has 10 heteroatoms. The first kappa shape index (κ1) is 37.2. The molecule has 0 saturated carbocycles. The fraction of sp³-hybridized carbons (Fsp3) is 0.300. The summed E-state index contributed by atoms with van der Waals surface area (Å²) >= 11 is 0. The summed E-state index contributed by atoms with van der Waals surface area (Å²) in [4.78, 5) is 26.3. The maximum absolute atomic E-state index is 13.2. The molecule has 0 unspecified atom stereocenters. The molecule has 0 aromatic heterocycles. The number of phenols is 2. The Morgan fingerprint density at radius 3 is 1.20 bits per heavy atom. The second kappa shape index (κ2) is 16.6. The average Bonchev–Trinajstić information content (AvgIpc) is 3.10. The van der Waals surface area contributed by atoms with Crippen LogP contribution in [0.1, 0.15) is 83.5 Å². The van der Waals surface area contributed by atoms with Gasteiger partial charge in [0.15, 0.2) is 69.1 Å². The van der Waals surface area contributed by atoms with Crippen molar-refractivity contribution in [3.63, 3.8) is 0 Å². The van der Waals surface area contributed by atoms with Crippen LogP contribution in [0.25, 0.3) is 11.5 Å². The Kier molecular flexibility index (Phi) is 12.4. The predicted molar refractivity (Wildman–Crippen MR) is 191 cm³/mol. The van der Waals surface area contributed by atoms with Gasteiger partial charge < -0.3 is 38.6 Å². The van der Waals surface area contributed by atoms with Gasteiger partial charge in [0.1, 0.15) is 0 Å². The average molecular weight is 685 g/mol. The fourth-order valence-corrected chi connectivity index (χ4v) is 5.54. The maximum atomic E-state index is 13.2. The van der Waals surface area contributed by atoms with Gasteiger partial charge in [-0.25, -0.2) is 0 Å². The number of benzene rings is 4. The van der Waals surface area contributed by atoms with Crippen molar-refractivity contribution in [2.24, 2.45) is 0 Å². The molecule has 0 heterocycles. The van der Waals surface area contributed by atoms with Crippen LogP contribution in [0.15, 0.2) is 60.7 Å². The zero-order chi connectivity index (χ0) is 36.5. The number of carbonyl (C=O) groups is 2. The highest BCUT2D eigenvalue weighted by atomic mass is 16.5. The third-order valence-corrected chi connectivity index (χ3v) is 8.00. The van der Waals surface area contributed by atoms with Gasteiger partial charge in [-0.3, -0.25) is 9.59 Å². The molecule has 0 radical (unpaired) electrons. The van der Waals surface area contributed by atoms with Gasteiger partial charge >= 0.3 is 0 Å². The number of ether oxygens (including phenoxy) is 6. The van der Waals surface area contributed by atoms with E-state index in [1.807, 2.05) is 26.0 Å². The summed E-state index contributed by atoms with van der Waals surface area (Å²) in [6, 6.07) is 16.3. The van der Waals surface area contributed by atoms with Crippen molar-refractivity contribution in [1.29, 1.82) is 0 Å². The van der Waals surface area contributed by atoms with Crippen LogP contribution in [0.2, 0.25) is 0 Å². The van der Waals surface area contributed by atoms with Crippen molar-refractivity contribution in [3.05, 3.63) is 94.0 Å². The number of methoxy groups -OCH3 is 4. The Morgan fingerprint density at radius 1 is 0.540 bits per heavy atom. The topological polar surface area (TPSA) is 130 Å². The van der Waals surface area contributed by atoms with Gasteiger partial charge in [0.2, 0.25) is 0 Å². The lowest BCUT2D eigenvalue weighted by Gasteiger charge is -2.23. The number of Topliss-reactive ketones (excluding diaryl/α,β-unsaturated/α-hetero) is 2. The Bertz CT molecular complexity index is 1770. The molecule has 0 atom stereocenters. The molecular weight excluding hydrogens is 640 g/mol. The molecule has 2 N–H and O–H groups in total. The molecule has 0 spiro atoms. The number of rotatable bonds is 16. The summed E-state index contributed by atoms with van der Waals surface area (Å²) in [6.45, 7) is 6.96. The highest BCUT2D eigenvalue weighted by molar-refractivity contribution is 6.00. The minimum absolute atomic E-state index is 0.0503. The summed E-state index contributed by atoms with van der Waals surface area (Å²) in [5.74, 6) is 0.434. The number of hydrogen-bond acceptors (Lipinski definition) is 10. The Morgan fingerprint density at radius 2 is 0.900 bits per heavy atom. The lowest BCUT2D eigenvalue weighted by molar-refractivity contribution is 0.100. The summed E-state index contributed by atoms with van der Waals surface area (Å²) in [7, 11) is 5.80. The molecular formula is C40H44O10. The first-order valence-electron chi connectivity index (χ1n) is 16.3. The van der Waals surface area contributed by atoms with E-state index >= 15 is 0 Å². The number of hydrogen-bond donors (Lipinski definition) is 2. The Balaban J connectivity index is 2.18. The van der Waals surface area contributed by atoms with E-state index in [-0.39, 0.29) is 68.7 Å². The third-order valence-electron chi connectivity index (χ3n) is 8.00. The van der Waals surface area contributed by atoms with Crippen molar-refractivity contribution >= 4 is 23.1 Å². The third kappa shape index (κ3) is 8.14. The smallest absolute Gasteiger partial charge is 0.180 e. The maximum Gasteiger partial charge on any atom is 0.180 e. The van der Waals surface area contributed by atoms with Gasteiger partial charge in [0.25, 0.3) is 0 Å². The van der Waals surface area contributed by atoms with E-state index in [1.54, 1.807) is 36.4 Å². The molecule has 4 aromatic carbocycles. The highest BCUT2D eigenvalue weighted by Gasteiger charge is 2.27. The quantitative estimate of drug-likeness (QED) is 0.0674. The van der Waals surface area contributed by atoms with Gasteiger partial charge in [-0.05, 0) is 98.5 Å². The van der Waals surface area contributed by atoms with E-state index in [9.17, 15) is 19.8 Å². The molecule has 0 amide bonds. The summed E-state index contributed by atoms with van der Waals surface area (Å²) < 4.78 is 36.0. The zero-order valence-electron chi connectivity index (χ0n) is 29.8. The highest BCUT2D eigenvalue weighted by Crippen LogP contribution is 2.44. The van der Waals surface area contributed by atoms with E-state index in [0.717, 1.165) is 24.0 Å². The first-order chi connectivity index (χ1) is 24.0. The van der Waals surface area contributed by atoms with Gasteiger partial charge in [0, 0.05) is 11.1 Å². The second-order valence-electron chi connectivity index (χ2n) is 11.6. The summed E-state index contributed by atoms with van der Waals surface area (Å²) in [5, 5.41) is 21.1. The molecule has 0 aliphatic rings. The van der Waals surface area contributed by atoms with Gasteiger partial charge in [0.05, 0.1) is 39.6 Å². The zero-order valence-corrected chi connectivity index (χ0v) is 29.8. The van der Waals surface area contributed by atoms with E-state index in [2.05, 4.69) is 0 Å². The van der Waals surface area contributed by atoms with Crippen LogP contribution >= 0.6 is 0 Å². The van der Waals surface area contributed by atoms with E-state index in [1.165, 1.54) is 54.4 Å². The SMILES string of the molecule is CCCc1cc(OC)c(O/C(=C(/Oc2c(OC)cc(CCC)cc2C(C)=O)c2ccc(O)c(OC)c2)c2ccc(O)c(OC)c2)c(C(C)=O)c1. The predicted octanol–water partition coefficient (Wildman–Crippen LogP) is 8.43. The van der Waals surface area contributed by atoms with Crippen LogP contribution < -0.4 is 28.4 Å². The standard InChI is InChI=1S/C40H44O10/c1-9-11-25-17-29(23(3)41)39(35(19-25)47-7)49-37(27-13-15-31(43)33(21-27)45-5)38(28-14-16-32(44)34(22-28)46-6)50-40-30(24(4)42)18-26(12-10-2)20-36(40)48-8/h13-22,43-44H,9-12H2,1-8H3/b38-37+. The van der Waals surface area contributed by atoms with E-state index in [4.69, 9.17) is 28.4 Å². The molecule has 0 bridgehead atoms. The molecule has 0 saturated heterocycles. The van der Waals surface area contributed by atoms with Crippen LogP contribution in [0.3, 0.4) is 0 Å². The van der Waals surface area contributed by atoms with Crippen molar-refractivity contribution in [3.8, 4) is 46.0 Å². The Hall–Kier alpha value is -5.64. The number of carbonyl (C=O) groups excluding carboxylic acids is 2. The molecule has 4 aromatic rings. The number of aromatic hydroxyl groups is 2. The van der Waals surface area contributed by atoms with E-state index in [0.29, 0.717) is 35.5 Å². The van der Waals surface area contributed by atoms with Crippen molar-refractivity contribution < 1.29 is 48.2 Å². The minimum atomic E-state index is -0.264. The van der Waals surface area contributed by atoms with Crippen molar-refractivity contribution in [2.45, 2.75) is 53.4 Å². The van der Waals surface area contributed by atoms with E-state index < -0.39 is 0 Å². The summed E-state index contributed by atoms with van der Waals surface area (Å²) in [6.07, 6.45) is 3.10. The van der Waals surface area contributed by atoms with Crippen LogP contribution in [0.5, 0.6) is 46.0 Å². The molecule has 0 fully saturated rings. The molecule has 0 aliphatic heterocycles.